The molecule has 1 amide bonds. The summed E-state index contributed by atoms with van der Waals surface area (Å²) in [6.45, 7) is 4.30. The van der Waals surface area contributed by atoms with Gasteiger partial charge < -0.3 is 4.90 Å². The van der Waals surface area contributed by atoms with E-state index in [0.29, 0.717) is 12.8 Å². The van der Waals surface area contributed by atoms with Gasteiger partial charge in [0.25, 0.3) is 0 Å². The standard InChI is InChI=1S/C17H20N2O2S2/c20-15(16-4-2-12-23-16)5-6-17(21)19-9-7-18(8-10-19)13-14-3-1-11-22-14/h1-4,11-12H,5-10,13H2. The number of piperazine rings is 1. The highest BCUT2D eigenvalue weighted by molar-refractivity contribution is 7.12. The van der Waals surface area contributed by atoms with Gasteiger partial charge in [0.1, 0.15) is 0 Å². The summed E-state index contributed by atoms with van der Waals surface area (Å²) in [6, 6.07) is 7.91. The van der Waals surface area contributed by atoms with E-state index >= 15 is 0 Å². The number of nitrogens with zero attached hydrogens (tertiary/aromatic N) is 2. The molecular weight excluding hydrogens is 328 g/mol. The van der Waals surface area contributed by atoms with E-state index in [-0.39, 0.29) is 11.7 Å². The lowest BCUT2D eigenvalue weighted by Gasteiger charge is -2.34. The lowest BCUT2D eigenvalue weighted by atomic mass is 10.1. The highest BCUT2D eigenvalue weighted by atomic mass is 32.1. The van der Waals surface area contributed by atoms with Crippen LogP contribution in [0.2, 0.25) is 0 Å². The Morgan fingerprint density at radius 2 is 1.70 bits per heavy atom. The number of amides is 1. The molecule has 0 saturated carbocycles. The van der Waals surface area contributed by atoms with Crippen LogP contribution in [-0.4, -0.2) is 47.7 Å². The van der Waals surface area contributed by atoms with Crippen molar-refractivity contribution in [1.29, 1.82) is 0 Å². The zero-order valence-electron chi connectivity index (χ0n) is 12.9. The number of ketones is 1. The molecule has 0 unspecified atom stereocenters. The number of rotatable bonds is 6. The second-order valence-electron chi connectivity index (χ2n) is 5.64. The summed E-state index contributed by atoms with van der Waals surface area (Å²) in [5.41, 5.74) is 0. The first-order chi connectivity index (χ1) is 11.2. The van der Waals surface area contributed by atoms with E-state index < -0.39 is 0 Å². The van der Waals surface area contributed by atoms with Crippen LogP contribution in [0.25, 0.3) is 0 Å². The average Bonchev–Trinajstić information content (AvgIpc) is 3.26. The van der Waals surface area contributed by atoms with Crippen molar-refractivity contribution in [2.24, 2.45) is 0 Å². The first kappa shape index (κ1) is 16.4. The Bertz CT molecular complexity index is 630. The van der Waals surface area contributed by atoms with Crippen LogP contribution in [0.5, 0.6) is 0 Å². The molecular formula is C17H20N2O2S2. The molecule has 0 radical (unpaired) electrons. The Morgan fingerprint density at radius 3 is 2.35 bits per heavy atom. The van der Waals surface area contributed by atoms with E-state index in [9.17, 15) is 9.59 Å². The second-order valence-corrected chi connectivity index (χ2v) is 7.62. The summed E-state index contributed by atoms with van der Waals surface area (Å²) in [5, 5.41) is 3.99. The first-order valence-corrected chi connectivity index (χ1v) is 9.57. The van der Waals surface area contributed by atoms with Crippen LogP contribution in [0.3, 0.4) is 0 Å². The summed E-state index contributed by atoms with van der Waals surface area (Å²) >= 11 is 3.21. The number of hydrogen-bond donors (Lipinski definition) is 0. The summed E-state index contributed by atoms with van der Waals surface area (Å²) < 4.78 is 0. The largest absolute Gasteiger partial charge is 0.340 e. The van der Waals surface area contributed by atoms with Gasteiger partial charge in [0.2, 0.25) is 5.91 Å². The third kappa shape index (κ3) is 4.50. The molecule has 2 aromatic heterocycles. The molecule has 0 spiro atoms. The number of carbonyl (C=O) groups excluding carboxylic acids is 2. The first-order valence-electron chi connectivity index (χ1n) is 7.81. The van der Waals surface area contributed by atoms with E-state index in [4.69, 9.17) is 0 Å². The maximum Gasteiger partial charge on any atom is 0.223 e. The van der Waals surface area contributed by atoms with E-state index in [1.54, 1.807) is 11.3 Å². The fraction of sp³-hybridized carbons (Fsp3) is 0.412. The molecule has 1 aliphatic rings. The molecule has 1 aliphatic heterocycles. The van der Waals surface area contributed by atoms with Crippen LogP contribution in [0.4, 0.5) is 0 Å². The van der Waals surface area contributed by atoms with Gasteiger partial charge in [-0.2, -0.15) is 0 Å². The summed E-state index contributed by atoms with van der Waals surface area (Å²) in [5.74, 6) is 0.176. The highest BCUT2D eigenvalue weighted by Crippen LogP contribution is 2.15. The molecule has 3 heterocycles. The summed E-state index contributed by atoms with van der Waals surface area (Å²) in [4.78, 5) is 30.6. The molecule has 0 atom stereocenters. The zero-order valence-corrected chi connectivity index (χ0v) is 14.6. The number of Topliss-reactive ketones (excluding diaryl/α,β-unsaturated/α-hetero) is 1. The molecule has 122 valence electrons. The topological polar surface area (TPSA) is 40.6 Å². The maximum absolute atomic E-state index is 12.3. The van der Waals surface area contributed by atoms with Crippen LogP contribution < -0.4 is 0 Å². The van der Waals surface area contributed by atoms with Crippen molar-refractivity contribution < 1.29 is 9.59 Å². The van der Waals surface area contributed by atoms with Crippen molar-refractivity contribution in [2.45, 2.75) is 19.4 Å². The molecule has 3 rings (SSSR count). The van der Waals surface area contributed by atoms with Gasteiger partial charge >= 0.3 is 0 Å². The maximum atomic E-state index is 12.3. The van der Waals surface area contributed by atoms with Crippen molar-refractivity contribution in [2.75, 3.05) is 26.2 Å². The molecule has 1 fully saturated rings. The highest BCUT2D eigenvalue weighted by Gasteiger charge is 2.22. The van der Waals surface area contributed by atoms with Crippen molar-refractivity contribution in [1.82, 2.24) is 9.80 Å². The predicted octanol–water partition coefficient (Wildman–Crippen LogP) is 3.12. The Balaban J connectivity index is 1.40. The van der Waals surface area contributed by atoms with Crippen LogP contribution >= 0.6 is 22.7 Å². The van der Waals surface area contributed by atoms with Crippen molar-refractivity contribution in [3.8, 4) is 0 Å². The summed E-state index contributed by atoms with van der Waals surface area (Å²) in [7, 11) is 0. The van der Waals surface area contributed by atoms with Gasteiger partial charge in [-0.15, -0.1) is 22.7 Å². The van der Waals surface area contributed by atoms with Gasteiger partial charge in [0, 0.05) is 50.4 Å². The lowest BCUT2D eigenvalue weighted by Crippen LogP contribution is -2.48. The third-order valence-electron chi connectivity index (χ3n) is 4.05. The summed E-state index contributed by atoms with van der Waals surface area (Å²) in [6.07, 6.45) is 0.635. The Labute approximate surface area is 144 Å². The van der Waals surface area contributed by atoms with Crippen LogP contribution in [0.15, 0.2) is 35.0 Å². The van der Waals surface area contributed by atoms with Crippen LogP contribution in [-0.2, 0) is 11.3 Å². The Hall–Kier alpha value is -1.50. The second kappa shape index (κ2) is 7.86. The molecule has 0 bridgehead atoms. The molecule has 0 aromatic carbocycles. The normalized spacial score (nSPS) is 15.7. The SMILES string of the molecule is O=C(CCC(=O)N1CCN(Cc2cccs2)CC1)c1cccs1. The molecule has 0 aliphatic carbocycles. The number of hydrogen-bond acceptors (Lipinski definition) is 5. The number of carbonyl (C=O) groups is 2. The van der Waals surface area contributed by atoms with Crippen LogP contribution in [0, 0.1) is 0 Å². The van der Waals surface area contributed by atoms with Gasteiger partial charge in [-0.25, -0.2) is 0 Å². The minimum Gasteiger partial charge on any atom is -0.340 e. The minimum atomic E-state index is 0.0738. The van der Waals surface area contributed by atoms with E-state index in [1.165, 1.54) is 16.2 Å². The van der Waals surface area contributed by atoms with Crippen molar-refractivity contribution in [3.05, 3.63) is 44.8 Å². The Morgan fingerprint density at radius 1 is 0.957 bits per heavy atom. The van der Waals surface area contributed by atoms with Crippen molar-refractivity contribution in [3.63, 3.8) is 0 Å². The average molecular weight is 348 g/mol. The fourth-order valence-electron chi connectivity index (χ4n) is 2.72. The van der Waals surface area contributed by atoms with Crippen LogP contribution in [0.1, 0.15) is 27.4 Å². The molecule has 4 nitrogen and oxygen atoms in total. The molecule has 1 saturated heterocycles. The third-order valence-corrected chi connectivity index (χ3v) is 5.82. The Kier molecular flexibility index (Phi) is 5.59. The smallest absolute Gasteiger partial charge is 0.223 e. The monoisotopic (exact) mass is 348 g/mol. The molecule has 2 aromatic rings. The lowest BCUT2D eigenvalue weighted by molar-refractivity contribution is -0.132. The minimum absolute atomic E-state index is 0.0738. The van der Waals surface area contributed by atoms with Gasteiger partial charge in [-0.1, -0.05) is 12.1 Å². The number of thiophene rings is 2. The molecule has 23 heavy (non-hydrogen) atoms. The van der Waals surface area contributed by atoms with E-state index in [2.05, 4.69) is 22.4 Å². The van der Waals surface area contributed by atoms with Gasteiger partial charge in [-0.3, -0.25) is 14.5 Å². The fourth-order valence-corrected chi connectivity index (χ4v) is 4.16. The van der Waals surface area contributed by atoms with Crippen molar-refractivity contribution >= 4 is 34.4 Å². The molecule has 6 heteroatoms. The van der Waals surface area contributed by atoms with E-state index in [1.807, 2.05) is 22.4 Å². The predicted molar refractivity (Wildman–Crippen MR) is 94.1 cm³/mol. The quantitative estimate of drug-likeness (QED) is 0.753. The van der Waals surface area contributed by atoms with Gasteiger partial charge in [0.05, 0.1) is 4.88 Å². The van der Waals surface area contributed by atoms with Gasteiger partial charge in [-0.05, 0) is 22.9 Å². The molecule has 0 N–H and O–H groups in total. The zero-order chi connectivity index (χ0) is 16.1. The van der Waals surface area contributed by atoms with E-state index in [0.717, 1.165) is 37.6 Å². The van der Waals surface area contributed by atoms with Gasteiger partial charge in [0.15, 0.2) is 5.78 Å².